The topological polar surface area (TPSA) is 51.0 Å². The number of azo groups is 1. The summed E-state index contributed by atoms with van der Waals surface area (Å²) in [6.07, 6.45) is 2.14. The van der Waals surface area contributed by atoms with Gasteiger partial charge in [-0.2, -0.15) is 10.2 Å². The summed E-state index contributed by atoms with van der Waals surface area (Å²) in [4.78, 5) is 10.4. The fourth-order valence-electron chi connectivity index (χ4n) is 0.859. The molecule has 0 aromatic heterocycles. The summed E-state index contributed by atoms with van der Waals surface area (Å²) < 4.78 is 4.84. The molecule has 0 aliphatic rings. The third-order valence-electron chi connectivity index (χ3n) is 1.71. The number of nitrogens with zero attached hydrogens (tertiary/aromatic N) is 2. The molecule has 0 aliphatic heterocycles. The van der Waals surface area contributed by atoms with Crippen molar-refractivity contribution in [2.75, 3.05) is 6.61 Å². The molecule has 5 heteroatoms. The Bertz CT molecular complexity index is 293. The molecule has 0 fully saturated rings. The van der Waals surface area contributed by atoms with E-state index in [0.717, 1.165) is 0 Å². The van der Waals surface area contributed by atoms with E-state index >= 15 is 0 Å². The second-order valence-corrected chi connectivity index (χ2v) is 5.80. The van der Waals surface area contributed by atoms with E-state index in [1.807, 2.05) is 20.8 Å². The van der Waals surface area contributed by atoms with Gasteiger partial charge in [0.2, 0.25) is 0 Å². The Morgan fingerprint density at radius 2 is 1.94 bits per heavy atom. The molecule has 1 unspecified atom stereocenters. The second-order valence-electron chi connectivity index (χ2n) is 4.98. The molecule has 0 heterocycles. The number of hydrogen-bond donors (Lipinski definition) is 0. The van der Waals surface area contributed by atoms with Crippen molar-refractivity contribution in [3.05, 3.63) is 12.7 Å². The monoisotopic (exact) mass is 260 g/mol. The lowest BCUT2D eigenvalue weighted by Crippen LogP contribution is -2.18. The summed E-state index contributed by atoms with van der Waals surface area (Å²) in [5.74, 6) is -0.303. The molecule has 4 nitrogen and oxygen atoms in total. The number of esters is 1. The number of hydrogen-bond acceptors (Lipinski definition) is 4. The van der Waals surface area contributed by atoms with Crippen LogP contribution in [0.25, 0.3) is 0 Å². The second kappa shape index (κ2) is 6.74. The first-order chi connectivity index (χ1) is 7.66. The molecule has 0 saturated carbocycles. The van der Waals surface area contributed by atoms with Crippen LogP contribution < -0.4 is 0 Å². The van der Waals surface area contributed by atoms with Crippen LogP contribution in [0.3, 0.4) is 0 Å². The van der Waals surface area contributed by atoms with Crippen LogP contribution in [0.15, 0.2) is 22.9 Å². The van der Waals surface area contributed by atoms with Gasteiger partial charge in [-0.05, 0) is 34.1 Å². The lowest BCUT2D eigenvalue weighted by molar-refractivity contribution is -0.142. The first-order valence-corrected chi connectivity index (χ1v) is 5.93. The van der Waals surface area contributed by atoms with Gasteiger partial charge in [-0.25, -0.2) is 0 Å². The van der Waals surface area contributed by atoms with Gasteiger partial charge in [-0.1, -0.05) is 24.3 Å². The van der Waals surface area contributed by atoms with E-state index in [0.29, 0.717) is 6.42 Å². The molecule has 0 aromatic rings. The van der Waals surface area contributed by atoms with Crippen LogP contribution in [0.4, 0.5) is 0 Å². The zero-order valence-corrected chi connectivity index (χ0v) is 11.8. The third-order valence-corrected chi connectivity index (χ3v) is 1.97. The number of alkyl halides is 1. The average molecular weight is 261 g/mol. The van der Waals surface area contributed by atoms with E-state index in [1.165, 1.54) is 6.08 Å². The van der Waals surface area contributed by atoms with Crippen molar-refractivity contribution in [1.82, 2.24) is 0 Å². The van der Waals surface area contributed by atoms with Gasteiger partial charge in [0, 0.05) is 6.42 Å². The Kier molecular flexibility index (Phi) is 6.39. The summed E-state index contributed by atoms with van der Waals surface area (Å²) in [6, 6.07) is 0. The molecule has 0 aromatic carbocycles. The third kappa shape index (κ3) is 10.00. The van der Waals surface area contributed by atoms with Gasteiger partial charge in [0.25, 0.3) is 0 Å². The highest BCUT2D eigenvalue weighted by molar-refractivity contribution is 6.23. The Morgan fingerprint density at radius 1 is 1.35 bits per heavy atom. The maximum Gasteiger partial charge on any atom is 0.306 e. The predicted molar refractivity (Wildman–Crippen MR) is 69.3 cm³/mol. The van der Waals surface area contributed by atoms with Gasteiger partial charge in [-0.3, -0.25) is 4.79 Å². The van der Waals surface area contributed by atoms with Crippen LogP contribution >= 0.6 is 11.6 Å². The molecule has 98 valence electrons. The Labute approximate surface area is 108 Å². The molecule has 0 N–H and O–H groups in total. The van der Waals surface area contributed by atoms with Gasteiger partial charge >= 0.3 is 5.97 Å². The number of halogens is 1. The highest BCUT2D eigenvalue weighted by atomic mass is 35.5. The molecule has 17 heavy (non-hydrogen) atoms. The van der Waals surface area contributed by atoms with E-state index in [-0.39, 0.29) is 24.5 Å². The molecule has 0 rings (SSSR count). The van der Waals surface area contributed by atoms with Gasteiger partial charge in [0.05, 0.1) is 5.54 Å². The van der Waals surface area contributed by atoms with E-state index in [4.69, 9.17) is 16.3 Å². The fraction of sp³-hybridized carbons (Fsp3) is 0.750. The highest BCUT2D eigenvalue weighted by Gasteiger charge is 2.23. The summed E-state index contributed by atoms with van der Waals surface area (Å²) in [7, 11) is 0. The SMILES string of the molecule is C=CCOC(=O)CCC(C)(Cl)N=NC(C)(C)C. The van der Waals surface area contributed by atoms with Crippen LogP contribution in [-0.4, -0.2) is 23.1 Å². The van der Waals surface area contributed by atoms with Gasteiger partial charge in [0.1, 0.15) is 6.61 Å². The molecule has 0 radical (unpaired) electrons. The fourth-order valence-corrected chi connectivity index (χ4v) is 0.991. The molecule has 0 amide bonds. The Hall–Kier alpha value is -0.900. The standard InChI is InChI=1S/C12H21ClN2O2/c1-6-9-17-10(16)7-8-12(5,13)15-14-11(2,3)4/h6H,1,7-9H2,2-5H3. The molecule has 0 saturated heterocycles. The average Bonchev–Trinajstić information content (AvgIpc) is 2.20. The van der Waals surface area contributed by atoms with Crippen LogP contribution in [0.2, 0.25) is 0 Å². The van der Waals surface area contributed by atoms with E-state index in [2.05, 4.69) is 16.8 Å². The van der Waals surface area contributed by atoms with Crippen LogP contribution in [0, 0.1) is 0 Å². The lowest BCUT2D eigenvalue weighted by Gasteiger charge is -2.18. The Morgan fingerprint density at radius 3 is 2.41 bits per heavy atom. The lowest BCUT2D eigenvalue weighted by atomic mass is 10.1. The van der Waals surface area contributed by atoms with Crippen molar-refractivity contribution >= 4 is 17.6 Å². The summed E-state index contributed by atoms with van der Waals surface area (Å²) in [5, 5.41) is 8.14. The number of carbonyl (C=O) groups is 1. The number of rotatable bonds is 6. The maximum absolute atomic E-state index is 11.2. The Balaban J connectivity index is 4.13. The van der Waals surface area contributed by atoms with Crippen molar-refractivity contribution in [2.24, 2.45) is 10.2 Å². The summed E-state index contributed by atoms with van der Waals surface area (Å²) >= 11 is 6.13. The zero-order chi connectivity index (χ0) is 13.5. The molecular weight excluding hydrogens is 240 g/mol. The summed E-state index contributed by atoms with van der Waals surface area (Å²) in [5.41, 5.74) is -0.264. The molecule has 0 bridgehead atoms. The van der Waals surface area contributed by atoms with Gasteiger partial charge in [-0.15, -0.1) is 0 Å². The van der Waals surface area contributed by atoms with Crippen molar-refractivity contribution in [1.29, 1.82) is 0 Å². The van der Waals surface area contributed by atoms with Crippen LogP contribution in [-0.2, 0) is 9.53 Å². The van der Waals surface area contributed by atoms with Crippen LogP contribution in [0.1, 0.15) is 40.5 Å². The van der Waals surface area contributed by atoms with E-state index < -0.39 is 5.00 Å². The smallest absolute Gasteiger partial charge is 0.306 e. The van der Waals surface area contributed by atoms with Crippen molar-refractivity contribution in [3.8, 4) is 0 Å². The molecule has 0 aliphatic carbocycles. The minimum Gasteiger partial charge on any atom is -0.461 e. The normalized spacial score (nSPS) is 15.6. The minimum atomic E-state index is -0.861. The van der Waals surface area contributed by atoms with Crippen LogP contribution in [0.5, 0.6) is 0 Å². The molecule has 0 spiro atoms. The zero-order valence-electron chi connectivity index (χ0n) is 11.0. The highest BCUT2D eigenvalue weighted by Crippen LogP contribution is 2.25. The first-order valence-electron chi connectivity index (χ1n) is 5.56. The van der Waals surface area contributed by atoms with Gasteiger partial charge < -0.3 is 4.74 Å². The molecule has 1 atom stereocenters. The van der Waals surface area contributed by atoms with Crippen molar-refractivity contribution < 1.29 is 9.53 Å². The van der Waals surface area contributed by atoms with Crippen molar-refractivity contribution in [2.45, 2.75) is 51.1 Å². The predicted octanol–water partition coefficient (Wildman–Crippen LogP) is 3.70. The minimum absolute atomic E-state index is 0.219. The molecular formula is C12H21ClN2O2. The quantitative estimate of drug-likeness (QED) is 0.240. The maximum atomic E-state index is 11.2. The van der Waals surface area contributed by atoms with Crippen molar-refractivity contribution in [3.63, 3.8) is 0 Å². The largest absolute Gasteiger partial charge is 0.461 e. The number of ether oxygens (including phenoxy) is 1. The number of carbonyl (C=O) groups excluding carboxylic acids is 1. The van der Waals surface area contributed by atoms with Gasteiger partial charge in [0.15, 0.2) is 5.00 Å². The summed E-state index contributed by atoms with van der Waals surface area (Å²) in [6.45, 7) is 11.2. The van der Waals surface area contributed by atoms with E-state index in [1.54, 1.807) is 6.92 Å². The first kappa shape index (κ1) is 16.1. The van der Waals surface area contributed by atoms with E-state index in [9.17, 15) is 4.79 Å².